The number of piperidine rings is 1. The van der Waals surface area contributed by atoms with Crippen molar-refractivity contribution in [2.75, 3.05) is 39.8 Å². The zero-order valence-corrected chi connectivity index (χ0v) is 18.1. The number of unbranched alkanes of at least 4 members (excludes halogenated alkanes) is 3. The largest absolute Gasteiger partial charge is 0.469 e. The van der Waals surface area contributed by atoms with Gasteiger partial charge in [0.25, 0.3) is 0 Å². The van der Waals surface area contributed by atoms with Crippen LogP contribution < -0.4 is 10.6 Å². The van der Waals surface area contributed by atoms with Crippen LogP contribution in [0.5, 0.6) is 0 Å². The Morgan fingerprint density at radius 1 is 1.21 bits per heavy atom. The number of methoxy groups -OCH3 is 1. The summed E-state index contributed by atoms with van der Waals surface area (Å²) >= 11 is 0. The molecular formula is C22H38N4O3. The minimum Gasteiger partial charge on any atom is -0.469 e. The summed E-state index contributed by atoms with van der Waals surface area (Å²) in [6, 6.07) is 4.21. The Morgan fingerprint density at radius 3 is 2.69 bits per heavy atom. The van der Waals surface area contributed by atoms with E-state index < -0.39 is 0 Å². The normalized spacial score (nSPS) is 16.4. The molecule has 1 unspecified atom stereocenters. The first kappa shape index (κ1) is 23.3. The highest BCUT2D eigenvalue weighted by molar-refractivity contribution is 5.79. The van der Waals surface area contributed by atoms with Crippen molar-refractivity contribution in [2.45, 2.75) is 64.3 Å². The number of carbonyl (C=O) groups is 1. The third-order valence-electron chi connectivity index (χ3n) is 5.30. The molecule has 0 spiro atoms. The molecule has 0 radical (unpaired) electrons. The van der Waals surface area contributed by atoms with Gasteiger partial charge in [0.15, 0.2) is 5.96 Å². The van der Waals surface area contributed by atoms with Crippen LogP contribution in [0.1, 0.15) is 70.1 Å². The molecule has 1 atom stereocenters. The van der Waals surface area contributed by atoms with Gasteiger partial charge in [-0.25, -0.2) is 0 Å². The van der Waals surface area contributed by atoms with Gasteiger partial charge in [0, 0.05) is 19.5 Å². The maximum absolute atomic E-state index is 11.1. The van der Waals surface area contributed by atoms with Gasteiger partial charge in [-0.05, 0) is 57.8 Å². The Kier molecular flexibility index (Phi) is 11.3. The summed E-state index contributed by atoms with van der Waals surface area (Å²) in [6.07, 6.45) is 10.1. The zero-order valence-electron chi connectivity index (χ0n) is 18.1. The van der Waals surface area contributed by atoms with Crippen molar-refractivity contribution in [1.29, 1.82) is 0 Å². The summed E-state index contributed by atoms with van der Waals surface area (Å²) < 4.78 is 10.4. The molecule has 0 bridgehead atoms. The van der Waals surface area contributed by atoms with Gasteiger partial charge in [-0.2, -0.15) is 0 Å². The second-order valence-corrected chi connectivity index (χ2v) is 7.51. The van der Waals surface area contributed by atoms with Gasteiger partial charge in [-0.1, -0.05) is 19.3 Å². The van der Waals surface area contributed by atoms with E-state index in [1.807, 2.05) is 6.07 Å². The average Bonchev–Trinajstić information content (AvgIpc) is 3.28. The Morgan fingerprint density at radius 2 is 2.00 bits per heavy atom. The van der Waals surface area contributed by atoms with E-state index in [0.717, 1.165) is 63.6 Å². The highest BCUT2D eigenvalue weighted by Crippen LogP contribution is 2.25. The van der Waals surface area contributed by atoms with Crippen molar-refractivity contribution < 1.29 is 13.9 Å². The topological polar surface area (TPSA) is 79.1 Å². The first-order chi connectivity index (χ1) is 14.2. The third kappa shape index (κ3) is 8.90. The van der Waals surface area contributed by atoms with Crippen molar-refractivity contribution in [3.63, 3.8) is 0 Å². The molecule has 1 fully saturated rings. The molecule has 0 amide bonds. The van der Waals surface area contributed by atoms with Gasteiger partial charge >= 0.3 is 5.97 Å². The number of nitrogens with zero attached hydrogens (tertiary/aromatic N) is 2. The van der Waals surface area contributed by atoms with Crippen molar-refractivity contribution in [3.8, 4) is 0 Å². The van der Waals surface area contributed by atoms with Crippen LogP contribution in [-0.2, 0) is 9.53 Å². The van der Waals surface area contributed by atoms with E-state index in [1.54, 1.807) is 6.26 Å². The molecule has 0 aromatic carbocycles. The molecule has 29 heavy (non-hydrogen) atoms. The molecule has 1 aliphatic rings. The molecular weight excluding hydrogens is 368 g/mol. The summed E-state index contributed by atoms with van der Waals surface area (Å²) in [5.74, 6) is 1.73. The summed E-state index contributed by atoms with van der Waals surface area (Å²) in [4.78, 5) is 18.5. The maximum atomic E-state index is 11.1. The first-order valence-corrected chi connectivity index (χ1v) is 11.1. The smallest absolute Gasteiger partial charge is 0.305 e. The van der Waals surface area contributed by atoms with E-state index >= 15 is 0 Å². The zero-order chi connectivity index (χ0) is 20.7. The molecule has 0 aliphatic carbocycles. The predicted octanol–water partition coefficient (Wildman–Crippen LogP) is 3.49. The lowest BCUT2D eigenvalue weighted by atomic mass is 10.1. The molecule has 7 heteroatoms. The number of esters is 1. The van der Waals surface area contributed by atoms with Crippen molar-refractivity contribution in [2.24, 2.45) is 4.99 Å². The Hall–Kier alpha value is -2.02. The average molecular weight is 407 g/mol. The standard InChI is InChI=1S/C22H38N4O3/c1-3-23-22(24-14-8-5-4-7-13-21(27)28-2)25-18-19(20-12-11-17-29-20)26-15-9-6-10-16-26/h11-12,17,19H,3-10,13-16,18H2,1-2H3,(H2,23,24,25). The van der Waals surface area contributed by atoms with Gasteiger partial charge in [0.2, 0.25) is 0 Å². The summed E-state index contributed by atoms with van der Waals surface area (Å²) in [5.41, 5.74) is 0. The molecule has 0 saturated carbocycles. The lowest BCUT2D eigenvalue weighted by Gasteiger charge is -2.32. The van der Waals surface area contributed by atoms with Crippen LogP contribution in [-0.4, -0.2) is 56.7 Å². The van der Waals surface area contributed by atoms with Crippen LogP contribution in [0.3, 0.4) is 0 Å². The maximum Gasteiger partial charge on any atom is 0.305 e. The molecule has 2 N–H and O–H groups in total. The first-order valence-electron chi connectivity index (χ1n) is 11.1. The number of nitrogens with one attached hydrogen (secondary N) is 2. The van der Waals surface area contributed by atoms with Crippen LogP contribution in [0.4, 0.5) is 0 Å². The number of aliphatic imine (C=N–C) groups is 1. The van der Waals surface area contributed by atoms with Gasteiger partial charge in [0.05, 0.1) is 26.0 Å². The number of hydrogen-bond acceptors (Lipinski definition) is 5. The molecule has 1 aliphatic heterocycles. The fraction of sp³-hybridized carbons (Fsp3) is 0.727. The van der Waals surface area contributed by atoms with Crippen LogP contribution in [0.25, 0.3) is 0 Å². The molecule has 2 heterocycles. The van der Waals surface area contributed by atoms with E-state index in [-0.39, 0.29) is 12.0 Å². The highest BCUT2D eigenvalue weighted by Gasteiger charge is 2.24. The monoisotopic (exact) mass is 406 g/mol. The molecule has 7 nitrogen and oxygen atoms in total. The number of hydrogen-bond donors (Lipinski definition) is 2. The quantitative estimate of drug-likeness (QED) is 0.239. The third-order valence-corrected chi connectivity index (χ3v) is 5.30. The van der Waals surface area contributed by atoms with Crippen LogP contribution in [0.2, 0.25) is 0 Å². The fourth-order valence-electron chi connectivity index (χ4n) is 3.67. The Bertz CT molecular complexity index is 583. The molecule has 1 aromatic heterocycles. The SMILES string of the molecule is CCNC(=NCC(c1ccco1)N1CCCCC1)NCCCCCCC(=O)OC. The minimum atomic E-state index is -0.121. The second kappa shape index (κ2) is 14.0. The van der Waals surface area contributed by atoms with Gasteiger partial charge < -0.3 is 19.8 Å². The van der Waals surface area contributed by atoms with E-state index in [1.165, 1.54) is 26.4 Å². The van der Waals surface area contributed by atoms with E-state index in [9.17, 15) is 4.79 Å². The number of rotatable bonds is 12. The van der Waals surface area contributed by atoms with Gasteiger partial charge in [-0.3, -0.25) is 14.7 Å². The van der Waals surface area contributed by atoms with Crippen LogP contribution in [0.15, 0.2) is 27.8 Å². The number of furan rings is 1. The van der Waals surface area contributed by atoms with Crippen molar-refractivity contribution in [1.82, 2.24) is 15.5 Å². The minimum absolute atomic E-state index is 0.121. The lowest BCUT2D eigenvalue weighted by molar-refractivity contribution is -0.140. The number of carbonyl (C=O) groups excluding carboxylic acids is 1. The van der Waals surface area contributed by atoms with Gasteiger partial charge in [0.1, 0.15) is 5.76 Å². The number of likely N-dealkylation sites (tertiary alicyclic amines) is 1. The molecule has 2 rings (SSSR count). The van der Waals surface area contributed by atoms with Crippen LogP contribution >= 0.6 is 0 Å². The molecule has 1 saturated heterocycles. The summed E-state index contributed by atoms with van der Waals surface area (Å²) in [5, 5.41) is 6.77. The Balaban J connectivity index is 1.78. The number of ether oxygens (including phenoxy) is 1. The van der Waals surface area contributed by atoms with Crippen LogP contribution in [0, 0.1) is 0 Å². The lowest BCUT2D eigenvalue weighted by Crippen LogP contribution is -2.39. The fourth-order valence-corrected chi connectivity index (χ4v) is 3.67. The molecule has 1 aromatic rings. The van der Waals surface area contributed by atoms with Gasteiger partial charge in [-0.15, -0.1) is 0 Å². The summed E-state index contributed by atoms with van der Waals surface area (Å²) in [7, 11) is 1.44. The summed E-state index contributed by atoms with van der Waals surface area (Å²) in [6.45, 7) is 6.69. The second-order valence-electron chi connectivity index (χ2n) is 7.51. The highest BCUT2D eigenvalue weighted by atomic mass is 16.5. The van der Waals surface area contributed by atoms with E-state index in [0.29, 0.717) is 13.0 Å². The molecule has 164 valence electrons. The van der Waals surface area contributed by atoms with E-state index in [2.05, 4.69) is 33.3 Å². The number of guanidine groups is 1. The predicted molar refractivity (Wildman–Crippen MR) is 116 cm³/mol. The Labute approximate surface area is 175 Å². The van der Waals surface area contributed by atoms with Crippen molar-refractivity contribution >= 4 is 11.9 Å². The van der Waals surface area contributed by atoms with Crippen molar-refractivity contribution in [3.05, 3.63) is 24.2 Å². The van der Waals surface area contributed by atoms with E-state index in [4.69, 9.17) is 9.41 Å².